The van der Waals surface area contributed by atoms with Crippen LogP contribution in [0.1, 0.15) is 27.1 Å². The van der Waals surface area contributed by atoms with E-state index >= 15 is 0 Å². The molecule has 0 aliphatic rings. The molecule has 0 atom stereocenters. The molecule has 0 unspecified atom stereocenters. The second kappa shape index (κ2) is 8.94. The minimum atomic E-state index is -0.219. The lowest BCUT2D eigenvalue weighted by molar-refractivity contribution is 0.0952. The van der Waals surface area contributed by atoms with Crippen LogP contribution in [-0.2, 0) is 0 Å². The summed E-state index contributed by atoms with van der Waals surface area (Å²) in [6.45, 7) is 1.48. The van der Waals surface area contributed by atoms with E-state index in [1.807, 2.05) is 44.4 Å². The molecule has 6 nitrogen and oxygen atoms in total. The van der Waals surface area contributed by atoms with Crippen molar-refractivity contribution < 1.29 is 9.59 Å². The fourth-order valence-electron chi connectivity index (χ4n) is 2.34. The highest BCUT2D eigenvalue weighted by atomic mass is 16.2. The quantitative estimate of drug-likeness (QED) is 0.784. The molecular formula is C19H24N4O2. The Labute approximate surface area is 148 Å². The van der Waals surface area contributed by atoms with Crippen LogP contribution in [0.5, 0.6) is 0 Å². The van der Waals surface area contributed by atoms with Crippen molar-refractivity contribution in [2.24, 2.45) is 0 Å². The second-order valence-electron chi connectivity index (χ2n) is 6.07. The number of carbonyl (C=O) groups is 2. The molecule has 6 heteroatoms. The summed E-state index contributed by atoms with van der Waals surface area (Å²) in [4.78, 5) is 32.5. The Morgan fingerprint density at radius 1 is 1.04 bits per heavy atom. The molecule has 0 saturated carbocycles. The number of aromatic nitrogens is 1. The summed E-state index contributed by atoms with van der Waals surface area (Å²) in [6.07, 6.45) is 3.81. The molecule has 1 aromatic carbocycles. The van der Waals surface area contributed by atoms with E-state index in [1.54, 1.807) is 13.1 Å². The lowest BCUT2D eigenvalue weighted by atomic mass is 10.1. The van der Waals surface area contributed by atoms with Crippen LogP contribution in [0.15, 0.2) is 48.8 Å². The number of hydrogen-bond donors (Lipinski definition) is 1. The largest absolute Gasteiger partial charge is 0.352 e. The molecule has 0 bridgehead atoms. The molecule has 132 valence electrons. The molecule has 25 heavy (non-hydrogen) atoms. The number of amides is 2. The van der Waals surface area contributed by atoms with Crippen molar-refractivity contribution in [3.8, 4) is 0 Å². The van der Waals surface area contributed by atoms with Crippen molar-refractivity contribution in [3.63, 3.8) is 0 Å². The number of pyridine rings is 1. The third kappa shape index (κ3) is 5.39. The molecule has 2 amide bonds. The van der Waals surface area contributed by atoms with Gasteiger partial charge in [0.15, 0.2) is 0 Å². The van der Waals surface area contributed by atoms with E-state index in [4.69, 9.17) is 0 Å². The van der Waals surface area contributed by atoms with Crippen LogP contribution in [0.4, 0.5) is 5.69 Å². The zero-order chi connectivity index (χ0) is 18.2. The Hall–Kier alpha value is -2.73. The van der Waals surface area contributed by atoms with Gasteiger partial charge in [-0.05, 0) is 45.3 Å². The fourth-order valence-corrected chi connectivity index (χ4v) is 2.34. The van der Waals surface area contributed by atoms with E-state index in [2.05, 4.69) is 15.2 Å². The van der Waals surface area contributed by atoms with Crippen molar-refractivity contribution in [1.29, 1.82) is 0 Å². The summed E-state index contributed by atoms with van der Waals surface area (Å²) in [5.41, 5.74) is 1.55. The van der Waals surface area contributed by atoms with Gasteiger partial charge in [0.05, 0.1) is 11.1 Å². The predicted octanol–water partition coefficient (Wildman–Crippen LogP) is 2.04. The van der Waals surface area contributed by atoms with Gasteiger partial charge >= 0.3 is 0 Å². The molecular weight excluding hydrogens is 316 g/mol. The van der Waals surface area contributed by atoms with Gasteiger partial charge < -0.3 is 15.1 Å². The number of hydrogen-bond acceptors (Lipinski definition) is 4. The fraction of sp³-hybridized carbons (Fsp3) is 0.316. The van der Waals surface area contributed by atoms with Gasteiger partial charge in [-0.25, -0.2) is 0 Å². The number of benzene rings is 1. The molecule has 0 radical (unpaired) electrons. The van der Waals surface area contributed by atoms with Crippen molar-refractivity contribution in [1.82, 2.24) is 15.2 Å². The second-order valence-corrected chi connectivity index (χ2v) is 6.07. The first-order chi connectivity index (χ1) is 12.0. The van der Waals surface area contributed by atoms with Gasteiger partial charge in [-0.15, -0.1) is 0 Å². The van der Waals surface area contributed by atoms with E-state index in [-0.39, 0.29) is 11.8 Å². The Balaban J connectivity index is 2.02. The smallest absolute Gasteiger partial charge is 0.259 e. The van der Waals surface area contributed by atoms with Crippen molar-refractivity contribution in [2.75, 3.05) is 39.1 Å². The van der Waals surface area contributed by atoms with Gasteiger partial charge in [-0.2, -0.15) is 0 Å². The molecule has 0 fully saturated rings. The molecule has 0 spiro atoms. The van der Waals surface area contributed by atoms with E-state index in [0.29, 0.717) is 17.7 Å². The minimum absolute atomic E-state index is 0.207. The molecule has 0 aliphatic heterocycles. The summed E-state index contributed by atoms with van der Waals surface area (Å²) in [6, 6.07) is 10.9. The average Bonchev–Trinajstić information content (AvgIpc) is 2.64. The lowest BCUT2D eigenvalue weighted by Crippen LogP contribution is -2.29. The third-order valence-corrected chi connectivity index (χ3v) is 3.76. The monoisotopic (exact) mass is 340 g/mol. The molecule has 2 rings (SSSR count). The van der Waals surface area contributed by atoms with Crippen molar-refractivity contribution >= 4 is 17.5 Å². The summed E-state index contributed by atoms with van der Waals surface area (Å²) < 4.78 is 0. The Morgan fingerprint density at radius 3 is 2.40 bits per heavy atom. The number of anilines is 1. The molecule has 1 aromatic heterocycles. The normalized spacial score (nSPS) is 10.6. The van der Waals surface area contributed by atoms with Gasteiger partial charge in [-0.1, -0.05) is 18.2 Å². The number of nitrogens with one attached hydrogen (secondary N) is 1. The van der Waals surface area contributed by atoms with Gasteiger partial charge in [-0.3, -0.25) is 14.6 Å². The summed E-state index contributed by atoms with van der Waals surface area (Å²) >= 11 is 0. The topological polar surface area (TPSA) is 65.5 Å². The van der Waals surface area contributed by atoms with Crippen LogP contribution in [0.2, 0.25) is 0 Å². The maximum Gasteiger partial charge on any atom is 0.259 e. The maximum atomic E-state index is 12.6. The van der Waals surface area contributed by atoms with Gasteiger partial charge in [0.2, 0.25) is 0 Å². The van der Waals surface area contributed by atoms with E-state index < -0.39 is 0 Å². The van der Waals surface area contributed by atoms with Crippen LogP contribution in [0, 0.1) is 0 Å². The van der Waals surface area contributed by atoms with Crippen LogP contribution in [0.3, 0.4) is 0 Å². The molecule has 0 aliphatic carbocycles. The first-order valence-electron chi connectivity index (χ1n) is 8.20. The predicted molar refractivity (Wildman–Crippen MR) is 98.9 cm³/mol. The Morgan fingerprint density at radius 2 is 1.72 bits per heavy atom. The Kier molecular flexibility index (Phi) is 6.65. The van der Waals surface area contributed by atoms with Gasteiger partial charge in [0.25, 0.3) is 11.8 Å². The third-order valence-electron chi connectivity index (χ3n) is 3.76. The minimum Gasteiger partial charge on any atom is -0.352 e. The first kappa shape index (κ1) is 18.6. The van der Waals surface area contributed by atoms with E-state index in [1.165, 1.54) is 17.3 Å². The zero-order valence-corrected chi connectivity index (χ0v) is 14.9. The van der Waals surface area contributed by atoms with Crippen molar-refractivity contribution in [2.45, 2.75) is 6.42 Å². The molecule has 1 heterocycles. The summed E-state index contributed by atoms with van der Waals surface area (Å²) in [7, 11) is 5.68. The van der Waals surface area contributed by atoms with Crippen LogP contribution in [0.25, 0.3) is 0 Å². The highest BCUT2D eigenvalue weighted by Crippen LogP contribution is 2.15. The maximum absolute atomic E-state index is 12.6. The molecule has 1 N–H and O–H groups in total. The molecule has 0 saturated heterocycles. The van der Waals surface area contributed by atoms with Crippen LogP contribution in [-0.4, -0.2) is 55.9 Å². The number of carbonyl (C=O) groups excluding carboxylic acids is 2. The standard InChI is InChI=1S/C19H24N4O2/c1-22(2)11-7-10-21-18(24)15-12-16(14-20-13-15)19(25)23(3)17-8-5-4-6-9-17/h4-6,8-9,12-14H,7,10-11H2,1-3H3,(H,21,24). The summed E-state index contributed by atoms with van der Waals surface area (Å²) in [5, 5.41) is 2.85. The molecule has 2 aromatic rings. The van der Waals surface area contributed by atoms with E-state index in [9.17, 15) is 9.59 Å². The van der Waals surface area contributed by atoms with Crippen LogP contribution < -0.4 is 10.2 Å². The average molecular weight is 340 g/mol. The zero-order valence-electron chi connectivity index (χ0n) is 14.9. The van der Waals surface area contributed by atoms with E-state index in [0.717, 1.165) is 18.7 Å². The SMILES string of the molecule is CN(C)CCCNC(=O)c1cncc(C(=O)N(C)c2ccccc2)c1. The number of rotatable bonds is 7. The number of nitrogens with zero attached hydrogens (tertiary/aromatic N) is 3. The van der Waals surface area contributed by atoms with Crippen molar-refractivity contribution in [3.05, 3.63) is 59.9 Å². The first-order valence-corrected chi connectivity index (χ1v) is 8.20. The van der Waals surface area contributed by atoms with Gasteiger partial charge in [0, 0.05) is 31.7 Å². The number of para-hydroxylation sites is 1. The van der Waals surface area contributed by atoms with Gasteiger partial charge in [0.1, 0.15) is 0 Å². The van der Waals surface area contributed by atoms with Crippen LogP contribution >= 0.6 is 0 Å². The highest BCUT2D eigenvalue weighted by molar-refractivity contribution is 6.07. The Bertz CT molecular complexity index is 716. The summed E-state index contributed by atoms with van der Waals surface area (Å²) in [5.74, 6) is -0.427. The lowest BCUT2D eigenvalue weighted by Gasteiger charge is -2.17. The highest BCUT2D eigenvalue weighted by Gasteiger charge is 2.16.